The van der Waals surface area contributed by atoms with Gasteiger partial charge in [0.05, 0.1) is 18.8 Å². The first-order chi connectivity index (χ1) is 8.09. The fourth-order valence-electron chi connectivity index (χ4n) is 1.75. The predicted octanol–water partition coefficient (Wildman–Crippen LogP) is -0.112. The summed E-state index contributed by atoms with van der Waals surface area (Å²) in [6.45, 7) is 6.18. The first kappa shape index (κ1) is 14.4. The molecule has 0 aromatic carbocycles. The van der Waals surface area contributed by atoms with Crippen molar-refractivity contribution in [2.75, 3.05) is 26.3 Å². The van der Waals surface area contributed by atoms with Gasteiger partial charge in [0.25, 0.3) is 0 Å². The summed E-state index contributed by atoms with van der Waals surface area (Å²) in [7, 11) is 0. The van der Waals surface area contributed by atoms with Crippen LogP contribution in [0.5, 0.6) is 0 Å². The van der Waals surface area contributed by atoms with E-state index < -0.39 is 6.10 Å². The Morgan fingerprint density at radius 1 is 1.53 bits per heavy atom. The molecule has 0 aliphatic carbocycles. The van der Waals surface area contributed by atoms with Crippen molar-refractivity contribution in [2.24, 2.45) is 5.92 Å². The van der Waals surface area contributed by atoms with Gasteiger partial charge in [-0.2, -0.15) is 0 Å². The van der Waals surface area contributed by atoms with Gasteiger partial charge in [-0.25, -0.2) is 0 Å². The van der Waals surface area contributed by atoms with Gasteiger partial charge in [-0.05, 0) is 25.3 Å². The quantitative estimate of drug-likeness (QED) is 0.584. The Hall–Kier alpha value is -0.650. The summed E-state index contributed by atoms with van der Waals surface area (Å²) in [6.07, 6.45) is 1.29. The predicted molar refractivity (Wildman–Crippen MR) is 65.7 cm³/mol. The van der Waals surface area contributed by atoms with E-state index >= 15 is 0 Å². The molecule has 5 nitrogen and oxygen atoms in total. The zero-order valence-electron chi connectivity index (χ0n) is 10.7. The molecular weight excluding hydrogens is 220 g/mol. The monoisotopic (exact) mass is 244 g/mol. The van der Waals surface area contributed by atoms with Crippen molar-refractivity contribution in [1.29, 1.82) is 0 Å². The van der Waals surface area contributed by atoms with Crippen LogP contribution in [0.2, 0.25) is 0 Å². The average molecular weight is 244 g/mol. The Labute approximate surface area is 103 Å². The van der Waals surface area contributed by atoms with Gasteiger partial charge in [-0.15, -0.1) is 0 Å². The smallest absolute Gasteiger partial charge is 0.237 e. The lowest BCUT2D eigenvalue weighted by Crippen LogP contribution is -2.44. The lowest BCUT2D eigenvalue weighted by atomic mass is 10.2. The number of carbonyl (C=O) groups is 1. The van der Waals surface area contributed by atoms with E-state index in [0.29, 0.717) is 12.5 Å². The first-order valence-electron chi connectivity index (χ1n) is 6.36. The summed E-state index contributed by atoms with van der Waals surface area (Å²) in [5.41, 5.74) is 0. The van der Waals surface area contributed by atoms with Crippen molar-refractivity contribution >= 4 is 5.91 Å². The van der Waals surface area contributed by atoms with Crippen molar-refractivity contribution in [3.63, 3.8) is 0 Å². The molecule has 0 saturated carbocycles. The number of aliphatic hydroxyl groups excluding tert-OH is 1. The summed E-state index contributed by atoms with van der Waals surface area (Å²) >= 11 is 0. The third-order valence-electron chi connectivity index (χ3n) is 2.65. The molecular formula is C12H24N2O3. The Balaban J connectivity index is 2.06. The maximum absolute atomic E-state index is 11.6. The van der Waals surface area contributed by atoms with Crippen LogP contribution in [-0.2, 0) is 9.53 Å². The largest absolute Gasteiger partial charge is 0.389 e. The van der Waals surface area contributed by atoms with Crippen molar-refractivity contribution in [1.82, 2.24) is 10.6 Å². The third-order valence-corrected chi connectivity index (χ3v) is 2.65. The minimum Gasteiger partial charge on any atom is -0.389 e. The maximum Gasteiger partial charge on any atom is 0.237 e. The lowest BCUT2D eigenvalue weighted by molar-refractivity contribution is -0.123. The Kier molecular flexibility index (Phi) is 6.47. The van der Waals surface area contributed by atoms with Crippen LogP contribution in [0, 0.1) is 5.92 Å². The molecule has 0 spiro atoms. The van der Waals surface area contributed by atoms with E-state index in [-0.39, 0.29) is 25.1 Å². The molecule has 1 amide bonds. The van der Waals surface area contributed by atoms with Crippen molar-refractivity contribution < 1.29 is 14.6 Å². The number of aliphatic hydroxyl groups is 1. The van der Waals surface area contributed by atoms with Gasteiger partial charge < -0.3 is 20.5 Å². The van der Waals surface area contributed by atoms with E-state index in [0.717, 1.165) is 19.4 Å². The van der Waals surface area contributed by atoms with Crippen LogP contribution < -0.4 is 10.6 Å². The molecule has 1 rings (SSSR count). The topological polar surface area (TPSA) is 70.6 Å². The summed E-state index contributed by atoms with van der Waals surface area (Å²) < 4.78 is 5.30. The second-order valence-electron chi connectivity index (χ2n) is 4.98. The lowest BCUT2D eigenvalue weighted by Gasteiger charge is -2.15. The molecule has 100 valence electrons. The van der Waals surface area contributed by atoms with Gasteiger partial charge in [-0.3, -0.25) is 4.79 Å². The third kappa shape index (κ3) is 6.00. The van der Waals surface area contributed by atoms with Crippen molar-refractivity contribution in [3.05, 3.63) is 0 Å². The average Bonchev–Trinajstić information content (AvgIpc) is 2.78. The number of carbonyl (C=O) groups excluding carboxylic acids is 1. The highest BCUT2D eigenvalue weighted by molar-refractivity contribution is 5.81. The van der Waals surface area contributed by atoms with Gasteiger partial charge in [0.1, 0.15) is 0 Å². The normalized spacial score (nSPS) is 21.8. The van der Waals surface area contributed by atoms with Crippen molar-refractivity contribution in [3.8, 4) is 0 Å². The zero-order chi connectivity index (χ0) is 12.7. The molecule has 1 heterocycles. The van der Waals surface area contributed by atoms with Crippen molar-refractivity contribution in [2.45, 2.75) is 38.8 Å². The highest BCUT2D eigenvalue weighted by Crippen LogP contribution is 2.04. The number of rotatable bonds is 7. The number of ether oxygens (including phenoxy) is 1. The molecule has 1 saturated heterocycles. The molecule has 0 aromatic rings. The maximum atomic E-state index is 11.6. The van der Waals surface area contributed by atoms with E-state index in [1.165, 1.54) is 0 Å². The molecule has 1 fully saturated rings. The second kappa shape index (κ2) is 7.63. The van der Waals surface area contributed by atoms with Gasteiger partial charge in [0.15, 0.2) is 0 Å². The number of hydrogen-bond donors (Lipinski definition) is 3. The molecule has 0 radical (unpaired) electrons. The summed E-state index contributed by atoms with van der Waals surface area (Å²) in [4.78, 5) is 11.6. The molecule has 3 N–H and O–H groups in total. The molecule has 0 bridgehead atoms. The Morgan fingerprint density at radius 3 is 2.88 bits per heavy atom. The van der Waals surface area contributed by atoms with Crippen LogP contribution in [0.15, 0.2) is 0 Å². The second-order valence-corrected chi connectivity index (χ2v) is 4.98. The molecule has 0 aromatic heterocycles. The molecule has 1 aliphatic heterocycles. The van der Waals surface area contributed by atoms with Crippen LogP contribution in [-0.4, -0.2) is 49.5 Å². The molecule has 5 heteroatoms. The molecule has 1 aliphatic rings. The van der Waals surface area contributed by atoms with Crippen LogP contribution in [0.25, 0.3) is 0 Å². The standard InChI is InChI=1S/C12H24N2O3/c1-9(2)7-17-8-10(15)6-14-12(16)11-4-3-5-13-11/h9-11,13,15H,3-8H2,1-2H3,(H,14,16). The van der Waals surface area contributed by atoms with E-state index in [4.69, 9.17) is 4.74 Å². The van der Waals surface area contributed by atoms with Gasteiger partial charge >= 0.3 is 0 Å². The number of amides is 1. The van der Waals surface area contributed by atoms with Crippen LogP contribution in [0.4, 0.5) is 0 Å². The summed E-state index contributed by atoms with van der Waals surface area (Å²) in [6, 6.07) is -0.0845. The van der Waals surface area contributed by atoms with E-state index in [2.05, 4.69) is 24.5 Å². The Bertz CT molecular complexity index is 228. The number of nitrogens with one attached hydrogen (secondary N) is 2. The molecule has 2 unspecified atom stereocenters. The summed E-state index contributed by atoms with van der Waals surface area (Å²) in [5, 5.41) is 15.4. The SMILES string of the molecule is CC(C)COCC(O)CNC(=O)C1CCCN1. The van der Waals surface area contributed by atoms with E-state index in [1.807, 2.05) is 0 Å². The highest BCUT2D eigenvalue weighted by atomic mass is 16.5. The minimum atomic E-state index is -0.626. The van der Waals surface area contributed by atoms with Gasteiger partial charge in [0.2, 0.25) is 5.91 Å². The Morgan fingerprint density at radius 2 is 2.29 bits per heavy atom. The van der Waals surface area contributed by atoms with Gasteiger partial charge in [0, 0.05) is 13.2 Å². The molecule has 2 atom stereocenters. The highest BCUT2D eigenvalue weighted by Gasteiger charge is 2.22. The number of hydrogen-bond acceptors (Lipinski definition) is 4. The van der Waals surface area contributed by atoms with Crippen LogP contribution in [0.1, 0.15) is 26.7 Å². The fourth-order valence-corrected chi connectivity index (χ4v) is 1.75. The van der Waals surface area contributed by atoms with Crippen LogP contribution >= 0.6 is 0 Å². The molecule has 17 heavy (non-hydrogen) atoms. The minimum absolute atomic E-state index is 0.0228. The summed E-state index contributed by atoms with van der Waals surface area (Å²) in [5.74, 6) is 0.435. The van der Waals surface area contributed by atoms with Gasteiger partial charge in [-0.1, -0.05) is 13.8 Å². The van der Waals surface area contributed by atoms with E-state index in [9.17, 15) is 9.90 Å². The zero-order valence-corrected chi connectivity index (χ0v) is 10.7. The van der Waals surface area contributed by atoms with E-state index in [1.54, 1.807) is 0 Å². The fraction of sp³-hybridized carbons (Fsp3) is 0.917. The first-order valence-corrected chi connectivity index (χ1v) is 6.36. The van der Waals surface area contributed by atoms with Crippen LogP contribution in [0.3, 0.4) is 0 Å².